The van der Waals surface area contributed by atoms with Gasteiger partial charge in [0.15, 0.2) is 5.82 Å². The summed E-state index contributed by atoms with van der Waals surface area (Å²) in [6, 6.07) is 1.23. The smallest absolute Gasteiger partial charge is 0.264 e. The number of ether oxygens (including phenoxy) is 2. The number of pyridine rings is 1. The molecule has 4 rings (SSSR count). The van der Waals surface area contributed by atoms with Crippen molar-refractivity contribution in [3.8, 4) is 11.4 Å². The second kappa shape index (κ2) is 9.07. The Bertz CT molecular complexity index is 899. The molecule has 0 unspecified atom stereocenters. The quantitative estimate of drug-likeness (QED) is 0.755. The first kappa shape index (κ1) is 22.5. The fourth-order valence-corrected chi connectivity index (χ4v) is 4.36. The van der Waals surface area contributed by atoms with Crippen LogP contribution in [-0.4, -0.2) is 70.5 Å². The van der Waals surface area contributed by atoms with Crippen LogP contribution < -0.4 is 15.5 Å². The number of alkyl halides is 2. The minimum absolute atomic E-state index is 0.0144. The molecule has 0 saturated carbocycles. The molecule has 4 heterocycles. The highest BCUT2D eigenvalue weighted by molar-refractivity contribution is 5.64. The third kappa shape index (κ3) is 4.31. The third-order valence-corrected chi connectivity index (χ3v) is 5.84. The maximum Gasteiger partial charge on any atom is 0.264 e. The fraction of sp³-hybridized carbons (Fsp3) is 0.619. The molecule has 0 aliphatic carbocycles. The number of nitrogens with two attached hydrogens (primary N) is 1. The monoisotopic (exact) mass is 449 g/mol. The van der Waals surface area contributed by atoms with Crippen LogP contribution in [0.4, 0.5) is 26.5 Å². The Balaban J connectivity index is 1.89. The lowest BCUT2D eigenvalue weighted by Gasteiger charge is -2.41. The molecular weight excluding hydrogens is 420 g/mol. The van der Waals surface area contributed by atoms with Crippen molar-refractivity contribution in [2.24, 2.45) is 0 Å². The summed E-state index contributed by atoms with van der Waals surface area (Å²) in [5.74, 6) is 1.02. The molecule has 174 valence electrons. The second-order valence-electron chi connectivity index (χ2n) is 8.54. The summed E-state index contributed by atoms with van der Waals surface area (Å²) in [4.78, 5) is 22.2. The lowest BCUT2D eigenvalue weighted by atomic mass is 10.1. The Morgan fingerprint density at radius 2 is 1.34 bits per heavy atom. The van der Waals surface area contributed by atoms with Gasteiger partial charge in [0.25, 0.3) is 6.43 Å². The van der Waals surface area contributed by atoms with Gasteiger partial charge in [-0.25, -0.2) is 13.8 Å². The normalized spacial score (nSPS) is 26.6. The minimum atomic E-state index is -2.75. The molecule has 2 saturated heterocycles. The van der Waals surface area contributed by atoms with Crippen molar-refractivity contribution in [3.63, 3.8) is 0 Å². The third-order valence-electron chi connectivity index (χ3n) is 5.84. The highest BCUT2D eigenvalue weighted by atomic mass is 19.3. The van der Waals surface area contributed by atoms with Crippen LogP contribution in [0.3, 0.4) is 0 Å². The van der Waals surface area contributed by atoms with Crippen molar-refractivity contribution in [2.45, 2.75) is 58.3 Å². The van der Waals surface area contributed by atoms with Gasteiger partial charge < -0.3 is 25.0 Å². The number of hydrogen-bond donors (Lipinski definition) is 1. The zero-order valence-electron chi connectivity index (χ0n) is 18.7. The Hall–Kier alpha value is -2.66. The molecule has 2 aliphatic heterocycles. The number of anilines is 3. The molecule has 32 heavy (non-hydrogen) atoms. The SMILES string of the molecule is C[C@H]1COC[C@H](C)N1c1nc(-c2cnc(N)cc2C(F)F)nc(N2[C@@H](C)COC[C@@H]2C)n1. The van der Waals surface area contributed by atoms with Gasteiger partial charge in [-0.05, 0) is 33.8 Å². The first-order chi connectivity index (χ1) is 15.3. The van der Waals surface area contributed by atoms with E-state index in [4.69, 9.17) is 20.2 Å². The van der Waals surface area contributed by atoms with E-state index in [0.717, 1.165) is 0 Å². The van der Waals surface area contributed by atoms with Gasteiger partial charge in [-0.15, -0.1) is 0 Å². The van der Waals surface area contributed by atoms with Gasteiger partial charge >= 0.3 is 0 Å². The molecule has 2 aliphatic rings. The van der Waals surface area contributed by atoms with Gasteiger partial charge in [0.1, 0.15) is 5.82 Å². The molecule has 0 radical (unpaired) electrons. The predicted octanol–water partition coefficient (Wildman–Crippen LogP) is 2.68. The molecule has 0 spiro atoms. The van der Waals surface area contributed by atoms with Crippen LogP contribution in [0.15, 0.2) is 12.3 Å². The fourth-order valence-electron chi connectivity index (χ4n) is 4.36. The van der Waals surface area contributed by atoms with Crippen LogP contribution in [0.2, 0.25) is 0 Å². The van der Waals surface area contributed by atoms with Gasteiger partial charge in [0, 0.05) is 17.3 Å². The number of halogens is 2. The topological polar surface area (TPSA) is 103 Å². The lowest BCUT2D eigenvalue weighted by Crippen LogP contribution is -2.52. The van der Waals surface area contributed by atoms with Crippen molar-refractivity contribution >= 4 is 17.7 Å². The number of nitrogen functional groups attached to an aromatic ring is 1. The van der Waals surface area contributed by atoms with E-state index in [9.17, 15) is 8.78 Å². The largest absolute Gasteiger partial charge is 0.384 e. The molecule has 2 aromatic rings. The average molecular weight is 450 g/mol. The van der Waals surface area contributed by atoms with Crippen LogP contribution in [0.5, 0.6) is 0 Å². The van der Waals surface area contributed by atoms with Crippen LogP contribution in [0.1, 0.15) is 39.7 Å². The number of nitrogens with zero attached hydrogens (tertiary/aromatic N) is 6. The molecule has 2 fully saturated rings. The Kier molecular flexibility index (Phi) is 6.38. The van der Waals surface area contributed by atoms with Crippen molar-refractivity contribution in [2.75, 3.05) is 42.0 Å². The number of morpholine rings is 2. The Morgan fingerprint density at radius 1 is 0.875 bits per heavy atom. The summed E-state index contributed by atoms with van der Waals surface area (Å²) in [5.41, 5.74) is 5.55. The summed E-state index contributed by atoms with van der Waals surface area (Å²) < 4.78 is 39.0. The molecule has 11 heteroatoms. The molecule has 0 bridgehead atoms. The van der Waals surface area contributed by atoms with Crippen molar-refractivity contribution < 1.29 is 18.3 Å². The Labute approximate surface area is 186 Å². The second-order valence-corrected chi connectivity index (χ2v) is 8.54. The highest BCUT2D eigenvalue weighted by Crippen LogP contribution is 2.33. The molecule has 9 nitrogen and oxygen atoms in total. The molecule has 2 N–H and O–H groups in total. The van der Waals surface area contributed by atoms with E-state index < -0.39 is 6.43 Å². The van der Waals surface area contributed by atoms with E-state index in [1.165, 1.54) is 12.3 Å². The van der Waals surface area contributed by atoms with E-state index in [0.29, 0.717) is 38.3 Å². The Morgan fingerprint density at radius 3 is 1.78 bits per heavy atom. The maximum atomic E-state index is 13.8. The zero-order valence-corrected chi connectivity index (χ0v) is 18.7. The van der Waals surface area contributed by atoms with Crippen LogP contribution in [-0.2, 0) is 9.47 Å². The molecule has 4 atom stereocenters. The van der Waals surface area contributed by atoms with Crippen molar-refractivity contribution in [1.29, 1.82) is 0 Å². The van der Waals surface area contributed by atoms with E-state index in [1.807, 2.05) is 27.7 Å². The average Bonchev–Trinajstić information content (AvgIpc) is 2.73. The van der Waals surface area contributed by atoms with Crippen LogP contribution >= 0.6 is 0 Å². The summed E-state index contributed by atoms with van der Waals surface area (Å²) in [6.45, 7) is 10.2. The van der Waals surface area contributed by atoms with Crippen molar-refractivity contribution in [1.82, 2.24) is 19.9 Å². The summed E-state index contributed by atoms with van der Waals surface area (Å²) in [5, 5.41) is 0. The van der Waals surface area contributed by atoms with Crippen LogP contribution in [0, 0.1) is 0 Å². The van der Waals surface area contributed by atoms with Crippen LogP contribution in [0.25, 0.3) is 11.4 Å². The van der Waals surface area contributed by atoms with E-state index >= 15 is 0 Å². The summed E-state index contributed by atoms with van der Waals surface area (Å²) in [6.07, 6.45) is -1.45. The first-order valence-corrected chi connectivity index (χ1v) is 10.8. The molecule has 0 aromatic carbocycles. The molecular formula is C21H29F2N7O2. The number of hydrogen-bond acceptors (Lipinski definition) is 9. The highest BCUT2D eigenvalue weighted by Gasteiger charge is 2.33. The van der Waals surface area contributed by atoms with Gasteiger partial charge in [0.05, 0.1) is 50.6 Å². The molecule has 0 amide bonds. The van der Waals surface area contributed by atoms with E-state index in [-0.39, 0.29) is 46.9 Å². The minimum Gasteiger partial charge on any atom is -0.384 e. The maximum absolute atomic E-state index is 13.8. The predicted molar refractivity (Wildman–Crippen MR) is 117 cm³/mol. The first-order valence-electron chi connectivity index (χ1n) is 10.8. The number of aromatic nitrogens is 4. The standard InChI is InChI=1S/C21H29F2N7O2/c1-11-7-31-8-12(2)29(11)20-26-19(16-6-25-17(24)5-15(16)18(22)23)27-21(28-20)30-13(3)9-32-10-14(30)4/h5-6,11-14,18H,7-10H2,1-4H3,(H2,24,25)/t11-,12-,13-,14-/m0/s1. The summed E-state index contributed by atoms with van der Waals surface area (Å²) >= 11 is 0. The lowest BCUT2D eigenvalue weighted by molar-refractivity contribution is 0.0733. The van der Waals surface area contributed by atoms with Gasteiger partial charge in [0.2, 0.25) is 11.9 Å². The van der Waals surface area contributed by atoms with Gasteiger partial charge in [-0.2, -0.15) is 15.0 Å². The van der Waals surface area contributed by atoms with Crippen molar-refractivity contribution in [3.05, 3.63) is 17.8 Å². The molecule has 2 aromatic heterocycles. The van der Waals surface area contributed by atoms with Gasteiger partial charge in [-0.3, -0.25) is 0 Å². The number of rotatable bonds is 4. The van der Waals surface area contributed by atoms with E-state index in [1.54, 1.807) is 0 Å². The van der Waals surface area contributed by atoms with E-state index in [2.05, 4.69) is 24.8 Å². The zero-order chi connectivity index (χ0) is 23.0. The van der Waals surface area contributed by atoms with Gasteiger partial charge in [-0.1, -0.05) is 0 Å². The summed E-state index contributed by atoms with van der Waals surface area (Å²) in [7, 11) is 0.